The van der Waals surface area contributed by atoms with E-state index in [9.17, 15) is 23.3 Å². The first kappa shape index (κ1) is 14.5. The van der Waals surface area contributed by atoms with E-state index in [1.807, 2.05) is 5.43 Å². The van der Waals surface area contributed by atoms with Crippen molar-refractivity contribution in [3.05, 3.63) is 46.0 Å². The fourth-order valence-electron chi connectivity index (χ4n) is 1.49. The summed E-state index contributed by atoms with van der Waals surface area (Å²) < 4.78 is 39.4. The molecule has 1 aromatic carbocycles. The maximum atomic E-state index is 13.5. The van der Waals surface area contributed by atoms with Crippen LogP contribution in [0.5, 0.6) is 0 Å². The first-order valence-corrected chi connectivity index (χ1v) is 5.31. The molecule has 0 aliphatic carbocycles. The molecule has 0 radical (unpaired) electrons. The minimum atomic E-state index is -1.39. The Balaban J connectivity index is 2.49. The average Bonchev–Trinajstić information content (AvgIpc) is 2.44. The highest BCUT2D eigenvalue weighted by Gasteiger charge is 2.23. The summed E-state index contributed by atoms with van der Waals surface area (Å²) in [5, 5.41) is 13.2. The highest BCUT2D eigenvalue weighted by atomic mass is 19.2. The Bertz CT molecular complexity index is 711. The Morgan fingerprint density at radius 3 is 2.33 bits per heavy atom. The van der Waals surface area contributed by atoms with Crippen molar-refractivity contribution in [3.8, 4) is 0 Å². The van der Waals surface area contributed by atoms with Gasteiger partial charge in [-0.3, -0.25) is 10.1 Å². The molecule has 0 aliphatic heterocycles. The number of halogens is 3. The molecule has 110 valence electrons. The van der Waals surface area contributed by atoms with Gasteiger partial charge in [-0.1, -0.05) is 0 Å². The van der Waals surface area contributed by atoms with Crippen LogP contribution in [0.4, 0.5) is 36.2 Å². The molecule has 0 saturated heterocycles. The molecule has 0 amide bonds. The minimum Gasteiger partial charge on any atom is -0.332 e. The Morgan fingerprint density at radius 2 is 1.71 bits per heavy atom. The van der Waals surface area contributed by atoms with E-state index in [1.54, 1.807) is 0 Å². The summed E-state index contributed by atoms with van der Waals surface area (Å²) in [4.78, 5) is 17.2. The van der Waals surface area contributed by atoms with Crippen molar-refractivity contribution >= 4 is 23.0 Å². The molecule has 0 unspecified atom stereocenters. The number of aromatic nitrogens is 2. The van der Waals surface area contributed by atoms with Crippen molar-refractivity contribution in [2.45, 2.75) is 0 Å². The van der Waals surface area contributed by atoms with Crippen LogP contribution in [0.15, 0.2) is 18.5 Å². The van der Waals surface area contributed by atoms with Gasteiger partial charge in [0.2, 0.25) is 11.6 Å². The largest absolute Gasteiger partial charge is 0.354 e. The van der Waals surface area contributed by atoms with E-state index >= 15 is 0 Å². The summed E-state index contributed by atoms with van der Waals surface area (Å²) in [7, 11) is 0. The van der Waals surface area contributed by atoms with E-state index in [2.05, 4.69) is 15.3 Å². The number of nitrogens with zero attached hydrogens (tertiary/aromatic N) is 3. The third-order valence-electron chi connectivity index (χ3n) is 2.40. The third kappa shape index (κ3) is 2.81. The van der Waals surface area contributed by atoms with Gasteiger partial charge >= 0.3 is 5.69 Å². The fourth-order valence-corrected chi connectivity index (χ4v) is 1.49. The first-order chi connectivity index (χ1) is 9.93. The quantitative estimate of drug-likeness (QED) is 0.341. The number of nitrogen functional groups attached to an aromatic ring is 1. The van der Waals surface area contributed by atoms with Crippen LogP contribution < -0.4 is 16.6 Å². The number of benzene rings is 1. The normalized spacial score (nSPS) is 10.3. The number of rotatable bonds is 4. The van der Waals surface area contributed by atoms with Gasteiger partial charge in [-0.15, -0.1) is 0 Å². The molecule has 8 nitrogen and oxygen atoms in total. The predicted molar refractivity (Wildman–Crippen MR) is 66.1 cm³/mol. The van der Waals surface area contributed by atoms with Crippen LogP contribution in [0.3, 0.4) is 0 Å². The van der Waals surface area contributed by atoms with Crippen LogP contribution >= 0.6 is 0 Å². The van der Waals surface area contributed by atoms with Crippen molar-refractivity contribution in [2.24, 2.45) is 5.84 Å². The van der Waals surface area contributed by atoms with Crippen LogP contribution in [0.25, 0.3) is 0 Å². The summed E-state index contributed by atoms with van der Waals surface area (Å²) in [6.07, 6.45) is 0.919. The molecule has 1 heterocycles. The number of hydrazine groups is 1. The topological polar surface area (TPSA) is 119 Å². The molecule has 0 saturated carbocycles. The number of hydrogen-bond acceptors (Lipinski definition) is 7. The molecular weight excluding hydrogens is 293 g/mol. The number of nitrogens with two attached hydrogens (primary N) is 1. The van der Waals surface area contributed by atoms with Gasteiger partial charge in [-0.05, 0) is 0 Å². The van der Waals surface area contributed by atoms with Crippen molar-refractivity contribution in [2.75, 3.05) is 10.7 Å². The molecule has 0 spiro atoms. The molecule has 0 atom stereocenters. The Morgan fingerprint density at radius 1 is 1.10 bits per heavy atom. The minimum absolute atomic E-state index is 0.298. The van der Waals surface area contributed by atoms with Crippen molar-refractivity contribution in [1.82, 2.24) is 9.97 Å². The Kier molecular flexibility index (Phi) is 3.84. The second-order valence-corrected chi connectivity index (χ2v) is 3.69. The molecule has 2 rings (SSSR count). The fraction of sp³-hybridized carbons (Fsp3) is 0. The highest BCUT2D eigenvalue weighted by Crippen LogP contribution is 2.31. The standard InChI is InChI=1S/C10H7F3N6O2/c11-4-1-6(13)7(2-5(4)12)17-9-8(19(20)21)10(18-14)16-3-15-9/h1-3H,14H2,(H2,15,16,17,18). The summed E-state index contributed by atoms with van der Waals surface area (Å²) in [5.41, 5.74) is 0.772. The zero-order valence-electron chi connectivity index (χ0n) is 10.1. The molecule has 11 heteroatoms. The van der Waals surface area contributed by atoms with Crippen molar-refractivity contribution < 1.29 is 18.1 Å². The zero-order chi connectivity index (χ0) is 15.6. The summed E-state index contributed by atoms with van der Waals surface area (Å²) >= 11 is 0. The monoisotopic (exact) mass is 300 g/mol. The second kappa shape index (κ2) is 5.58. The van der Waals surface area contributed by atoms with Gasteiger partial charge < -0.3 is 10.7 Å². The molecule has 0 aliphatic rings. The van der Waals surface area contributed by atoms with Gasteiger partial charge in [0, 0.05) is 12.1 Å². The van der Waals surface area contributed by atoms with Crippen molar-refractivity contribution in [3.63, 3.8) is 0 Å². The van der Waals surface area contributed by atoms with E-state index < -0.39 is 39.6 Å². The number of anilines is 3. The lowest BCUT2D eigenvalue weighted by Crippen LogP contribution is -2.13. The zero-order valence-corrected chi connectivity index (χ0v) is 10.1. The number of nitrogens with one attached hydrogen (secondary N) is 2. The maximum absolute atomic E-state index is 13.5. The lowest BCUT2D eigenvalue weighted by Gasteiger charge is -2.09. The van der Waals surface area contributed by atoms with Crippen LogP contribution in [0, 0.1) is 27.6 Å². The van der Waals surface area contributed by atoms with Gasteiger partial charge in [0.1, 0.15) is 12.1 Å². The van der Waals surface area contributed by atoms with Crippen LogP contribution in [0.2, 0.25) is 0 Å². The molecule has 4 N–H and O–H groups in total. The van der Waals surface area contributed by atoms with Crippen LogP contribution in [-0.4, -0.2) is 14.9 Å². The Labute approximate surface area is 114 Å². The molecule has 1 aromatic heterocycles. The van der Waals surface area contributed by atoms with E-state index in [0.29, 0.717) is 12.1 Å². The van der Waals surface area contributed by atoms with Crippen molar-refractivity contribution in [1.29, 1.82) is 0 Å². The second-order valence-electron chi connectivity index (χ2n) is 3.69. The third-order valence-corrected chi connectivity index (χ3v) is 2.40. The van der Waals surface area contributed by atoms with Gasteiger partial charge in [-0.25, -0.2) is 29.0 Å². The Hall–Kier alpha value is -2.95. The summed E-state index contributed by atoms with van der Waals surface area (Å²) in [5.74, 6) is 0.434. The van der Waals surface area contributed by atoms with E-state index in [1.165, 1.54) is 0 Å². The van der Waals surface area contributed by atoms with Crippen LogP contribution in [0.1, 0.15) is 0 Å². The summed E-state index contributed by atoms with van der Waals surface area (Å²) in [6, 6.07) is 0.804. The van der Waals surface area contributed by atoms with Gasteiger partial charge in [0.05, 0.1) is 10.6 Å². The first-order valence-electron chi connectivity index (χ1n) is 5.31. The highest BCUT2D eigenvalue weighted by molar-refractivity contribution is 5.73. The van der Waals surface area contributed by atoms with E-state index in [4.69, 9.17) is 5.84 Å². The smallest absolute Gasteiger partial charge is 0.332 e. The van der Waals surface area contributed by atoms with E-state index in [-0.39, 0.29) is 5.82 Å². The molecule has 2 aromatic rings. The van der Waals surface area contributed by atoms with Gasteiger partial charge in [0.25, 0.3) is 0 Å². The molecule has 21 heavy (non-hydrogen) atoms. The maximum Gasteiger partial charge on any atom is 0.354 e. The van der Waals surface area contributed by atoms with Gasteiger partial charge in [-0.2, -0.15) is 0 Å². The number of hydrogen-bond donors (Lipinski definition) is 3. The lowest BCUT2D eigenvalue weighted by atomic mass is 10.2. The number of nitro groups is 1. The molecule has 0 fully saturated rings. The van der Waals surface area contributed by atoms with E-state index in [0.717, 1.165) is 6.33 Å². The lowest BCUT2D eigenvalue weighted by molar-refractivity contribution is -0.383. The summed E-state index contributed by atoms with van der Waals surface area (Å²) in [6.45, 7) is 0. The average molecular weight is 300 g/mol. The SMILES string of the molecule is NNc1ncnc(Nc2cc(F)c(F)cc2F)c1[N+](=O)[O-]. The van der Waals surface area contributed by atoms with Crippen LogP contribution in [-0.2, 0) is 0 Å². The molecular formula is C10H7F3N6O2. The predicted octanol–water partition coefficient (Wildman–Crippen LogP) is 1.83. The van der Waals surface area contributed by atoms with Gasteiger partial charge in [0.15, 0.2) is 11.6 Å². The molecule has 0 bridgehead atoms.